The molecule has 2 aliphatic heterocycles. The molecule has 1 amide bonds. The summed E-state index contributed by atoms with van der Waals surface area (Å²) in [4.78, 5) is 27.5. The van der Waals surface area contributed by atoms with Crippen molar-refractivity contribution >= 4 is 22.9 Å². The van der Waals surface area contributed by atoms with Crippen molar-refractivity contribution in [3.63, 3.8) is 0 Å². The van der Waals surface area contributed by atoms with Crippen LogP contribution in [-0.2, 0) is 13.0 Å². The summed E-state index contributed by atoms with van der Waals surface area (Å²) < 4.78 is 1.96. The van der Waals surface area contributed by atoms with Crippen LogP contribution in [0.1, 0.15) is 29.0 Å². The zero-order chi connectivity index (χ0) is 17.5. The largest absolute Gasteiger partial charge is 0.365 e. The molecular weight excluding hydrogens is 330 g/mol. The number of carbonyl (C=O) groups is 1. The summed E-state index contributed by atoms with van der Waals surface area (Å²) in [6.45, 7) is 2.30. The molecule has 0 unspecified atom stereocenters. The normalized spacial score (nSPS) is 19.1. The Bertz CT molecular complexity index is 961. The third-order valence-corrected chi connectivity index (χ3v) is 5.04. The molecule has 3 aromatic rings. The van der Waals surface area contributed by atoms with Crippen LogP contribution in [0.15, 0.2) is 30.6 Å². The third-order valence-electron chi connectivity index (χ3n) is 5.04. The van der Waals surface area contributed by atoms with Gasteiger partial charge in [0.1, 0.15) is 11.3 Å². The number of aromatic nitrogens is 5. The first kappa shape index (κ1) is 15.2. The quantitative estimate of drug-likeness (QED) is 0.771. The van der Waals surface area contributed by atoms with E-state index in [2.05, 4.69) is 25.4 Å². The number of nitrogens with one attached hydrogen (secondary N) is 1. The van der Waals surface area contributed by atoms with Gasteiger partial charge in [0.05, 0.1) is 0 Å². The third kappa shape index (κ3) is 2.67. The molecule has 1 N–H and O–H groups in total. The summed E-state index contributed by atoms with van der Waals surface area (Å²) in [5.41, 5.74) is 3.13. The van der Waals surface area contributed by atoms with Gasteiger partial charge in [-0.15, -0.1) is 0 Å². The fourth-order valence-corrected chi connectivity index (χ4v) is 3.73. The standard InChI is InChI=1S/C18H19N7O/c26-18(15-10-13-2-1-8-25(13)23-15)24-9-5-12(11-24)21-16-4-3-14-17(22-16)20-7-6-19-14/h3-4,6-7,10,12H,1-2,5,8-9,11H2,(H,20,21,22)/t12-/m0/s1. The number of fused-ring (bicyclic) bond motifs is 2. The highest BCUT2D eigenvalue weighted by molar-refractivity contribution is 5.92. The molecule has 5 rings (SSSR count). The lowest BCUT2D eigenvalue weighted by atomic mass is 10.2. The Morgan fingerprint density at radius 2 is 2.12 bits per heavy atom. The number of likely N-dealkylation sites (tertiary alicyclic amines) is 1. The molecule has 0 aliphatic carbocycles. The van der Waals surface area contributed by atoms with Crippen LogP contribution in [0, 0.1) is 0 Å². The number of carbonyl (C=O) groups excluding carboxylic acids is 1. The minimum Gasteiger partial charge on any atom is -0.365 e. The number of aryl methyl sites for hydroxylation is 2. The second kappa shape index (κ2) is 6.05. The zero-order valence-electron chi connectivity index (χ0n) is 14.3. The Morgan fingerprint density at radius 1 is 1.19 bits per heavy atom. The first-order valence-electron chi connectivity index (χ1n) is 8.96. The summed E-state index contributed by atoms with van der Waals surface area (Å²) >= 11 is 0. The van der Waals surface area contributed by atoms with E-state index in [1.54, 1.807) is 12.4 Å². The summed E-state index contributed by atoms with van der Waals surface area (Å²) in [7, 11) is 0. The van der Waals surface area contributed by atoms with Crippen molar-refractivity contribution in [3.05, 3.63) is 42.0 Å². The summed E-state index contributed by atoms with van der Waals surface area (Å²) in [5.74, 6) is 0.784. The van der Waals surface area contributed by atoms with Gasteiger partial charge in [-0.1, -0.05) is 0 Å². The van der Waals surface area contributed by atoms with Gasteiger partial charge in [0, 0.05) is 43.8 Å². The van der Waals surface area contributed by atoms with Crippen molar-refractivity contribution in [2.45, 2.75) is 31.8 Å². The maximum Gasteiger partial charge on any atom is 0.274 e. The lowest BCUT2D eigenvalue weighted by molar-refractivity contribution is 0.0785. The number of amides is 1. The fraction of sp³-hybridized carbons (Fsp3) is 0.389. The molecule has 26 heavy (non-hydrogen) atoms. The van der Waals surface area contributed by atoms with Crippen molar-refractivity contribution < 1.29 is 4.79 Å². The molecule has 8 nitrogen and oxygen atoms in total. The number of hydrogen-bond donors (Lipinski definition) is 1. The molecule has 1 fully saturated rings. The Morgan fingerprint density at radius 3 is 3.04 bits per heavy atom. The number of hydrogen-bond acceptors (Lipinski definition) is 6. The van der Waals surface area contributed by atoms with E-state index in [1.165, 1.54) is 5.69 Å². The van der Waals surface area contributed by atoms with Gasteiger partial charge in [-0.3, -0.25) is 14.5 Å². The molecule has 1 atom stereocenters. The second-order valence-corrected chi connectivity index (χ2v) is 6.82. The van der Waals surface area contributed by atoms with Gasteiger partial charge in [0.15, 0.2) is 11.3 Å². The molecule has 8 heteroatoms. The lowest BCUT2D eigenvalue weighted by Gasteiger charge is -2.16. The Kier molecular flexibility index (Phi) is 3.55. The smallest absolute Gasteiger partial charge is 0.274 e. The highest BCUT2D eigenvalue weighted by Crippen LogP contribution is 2.20. The molecular formula is C18H19N7O. The number of anilines is 1. The van der Waals surface area contributed by atoms with Gasteiger partial charge in [-0.05, 0) is 37.5 Å². The van der Waals surface area contributed by atoms with Gasteiger partial charge in [0.25, 0.3) is 5.91 Å². The van der Waals surface area contributed by atoms with E-state index >= 15 is 0 Å². The van der Waals surface area contributed by atoms with E-state index in [1.807, 2.05) is 27.8 Å². The molecule has 132 valence electrons. The van der Waals surface area contributed by atoms with Crippen LogP contribution in [0.4, 0.5) is 5.82 Å². The van der Waals surface area contributed by atoms with E-state index in [-0.39, 0.29) is 11.9 Å². The van der Waals surface area contributed by atoms with Gasteiger partial charge in [-0.25, -0.2) is 9.97 Å². The first-order valence-corrected chi connectivity index (χ1v) is 8.96. The SMILES string of the molecule is O=C(c1cc2n(n1)CCC2)N1CC[C@H](Nc2ccc3nccnc3n2)C1. The number of nitrogens with zero attached hydrogens (tertiary/aromatic N) is 6. The predicted octanol–water partition coefficient (Wildman–Crippen LogP) is 1.49. The van der Waals surface area contributed by atoms with E-state index in [0.717, 1.165) is 43.7 Å². The molecule has 0 aromatic carbocycles. The Hall–Kier alpha value is -3.03. The second-order valence-electron chi connectivity index (χ2n) is 6.82. The summed E-state index contributed by atoms with van der Waals surface area (Å²) in [5, 5.41) is 7.87. The van der Waals surface area contributed by atoms with E-state index in [4.69, 9.17) is 0 Å². The average molecular weight is 349 g/mol. The molecule has 3 aromatic heterocycles. The van der Waals surface area contributed by atoms with E-state index < -0.39 is 0 Å². The Balaban J connectivity index is 1.26. The van der Waals surface area contributed by atoms with Crippen LogP contribution in [0.3, 0.4) is 0 Å². The maximum atomic E-state index is 12.7. The van der Waals surface area contributed by atoms with Crippen molar-refractivity contribution in [1.82, 2.24) is 29.6 Å². The molecule has 5 heterocycles. The summed E-state index contributed by atoms with van der Waals surface area (Å²) in [6.07, 6.45) is 6.32. The fourth-order valence-electron chi connectivity index (χ4n) is 3.73. The van der Waals surface area contributed by atoms with Crippen LogP contribution in [-0.4, -0.2) is 54.7 Å². The van der Waals surface area contributed by atoms with Crippen molar-refractivity contribution in [1.29, 1.82) is 0 Å². The monoisotopic (exact) mass is 349 g/mol. The minimum absolute atomic E-state index is 0.0218. The van der Waals surface area contributed by atoms with Crippen LogP contribution in [0.5, 0.6) is 0 Å². The van der Waals surface area contributed by atoms with Crippen LogP contribution in [0.25, 0.3) is 11.2 Å². The topological polar surface area (TPSA) is 88.8 Å². The average Bonchev–Trinajstić information content (AvgIpc) is 3.37. The van der Waals surface area contributed by atoms with Crippen LogP contribution >= 0.6 is 0 Å². The predicted molar refractivity (Wildman–Crippen MR) is 95.8 cm³/mol. The molecule has 0 radical (unpaired) electrons. The molecule has 0 bridgehead atoms. The zero-order valence-corrected chi connectivity index (χ0v) is 14.3. The van der Waals surface area contributed by atoms with Gasteiger partial charge in [0.2, 0.25) is 0 Å². The maximum absolute atomic E-state index is 12.7. The first-order chi connectivity index (χ1) is 12.8. The highest BCUT2D eigenvalue weighted by Gasteiger charge is 2.29. The van der Waals surface area contributed by atoms with Gasteiger partial charge < -0.3 is 10.2 Å². The van der Waals surface area contributed by atoms with Crippen molar-refractivity contribution in [3.8, 4) is 0 Å². The number of rotatable bonds is 3. The number of pyridine rings is 1. The van der Waals surface area contributed by atoms with Crippen molar-refractivity contribution in [2.75, 3.05) is 18.4 Å². The lowest BCUT2D eigenvalue weighted by Crippen LogP contribution is -2.32. The van der Waals surface area contributed by atoms with E-state index in [9.17, 15) is 4.79 Å². The molecule has 0 spiro atoms. The van der Waals surface area contributed by atoms with Crippen molar-refractivity contribution in [2.24, 2.45) is 0 Å². The van der Waals surface area contributed by atoms with Crippen LogP contribution in [0.2, 0.25) is 0 Å². The van der Waals surface area contributed by atoms with Gasteiger partial charge in [-0.2, -0.15) is 5.10 Å². The minimum atomic E-state index is 0.0218. The summed E-state index contributed by atoms with van der Waals surface area (Å²) in [6, 6.07) is 5.93. The molecule has 2 aliphatic rings. The van der Waals surface area contributed by atoms with Gasteiger partial charge >= 0.3 is 0 Å². The molecule has 1 saturated heterocycles. The van der Waals surface area contributed by atoms with Crippen LogP contribution < -0.4 is 5.32 Å². The Labute approximate surface area is 150 Å². The molecule has 0 saturated carbocycles. The van der Waals surface area contributed by atoms with E-state index in [0.29, 0.717) is 17.9 Å². The highest BCUT2D eigenvalue weighted by atomic mass is 16.2.